The number of nitrogens with two attached hydrogens (primary N) is 1. The van der Waals surface area contributed by atoms with Gasteiger partial charge in [-0.2, -0.15) is 0 Å². The number of esters is 2. The smallest absolute Gasteiger partial charge is 0.362 e. The van der Waals surface area contributed by atoms with Crippen LogP contribution in [0.25, 0.3) is 0 Å². The van der Waals surface area contributed by atoms with Crippen LogP contribution in [0.1, 0.15) is 50.6 Å². The Morgan fingerprint density at radius 1 is 1.29 bits per heavy atom. The van der Waals surface area contributed by atoms with Crippen molar-refractivity contribution in [2.45, 2.75) is 40.2 Å². The van der Waals surface area contributed by atoms with Crippen LogP contribution >= 0.6 is 0 Å². The normalized spacial score (nSPS) is 12.2. The zero-order valence-electron chi connectivity index (χ0n) is 12.8. The molecule has 2 N–H and O–H groups in total. The van der Waals surface area contributed by atoms with Crippen molar-refractivity contribution in [1.29, 1.82) is 0 Å². The van der Waals surface area contributed by atoms with Crippen LogP contribution in [0.15, 0.2) is 0 Å². The lowest BCUT2D eigenvalue weighted by Gasteiger charge is -2.16. The van der Waals surface area contributed by atoms with Crippen molar-refractivity contribution in [1.82, 2.24) is 15.0 Å². The average Bonchev–Trinajstić information content (AvgIpc) is 2.80. The van der Waals surface area contributed by atoms with E-state index in [0.717, 1.165) is 0 Å². The fourth-order valence-corrected chi connectivity index (χ4v) is 1.66. The van der Waals surface area contributed by atoms with E-state index >= 15 is 0 Å². The summed E-state index contributed by atoms with van der Waals surface area (Å²) in [5.74, 6) is -0.874. The molecule has 0 bridgehead atoms. The van der Waals surface area contributed by atoms with Crippen molar-refractivity contribution < 1.29 is 19.1 Å². The van der Waals surface area contributed by atoms with E-state index in [4.69, 9.17) is 15.2 Å². The van der Waals surface area contributed by atoms with Crippen molar-refractivity contribution in [2.75, 3.05) is 18.9 Å². The van der Waals surface area contributed by atoms with Gasteiger partial charge >= 0.3 is 11.9 Å². The van der Waals surface area contributed by atoms with Gasteiger partial charge in [-0.1, -0.05) is 26.0 Å². The molecule has 1 aromatic heterocycles. The Hall–Kier alpha value is -2.12. The van der Waals surface area contributed by atoms with Crippen molar-refractivity contribution in [3.8, 4) is 0 Å². The summed E-state index contributed by atoms with van der Waals surface area (Å²) >= 11 is 0. The fraction of sp³-hybridized carbons (Fsp3) is 0.692. The van der Waals surface area contributed by atoms with Gasteiger partial charge in [-0.25, -0.2) is 14.3 Å². The van der Waals surface area contributed by atoms with Gasteiger partial charge in [0.15, 0.2) is 11.9 Å². The molecule has 0 radical (unpaired) electrons. The second-order valence-electron chi connectivity index (χ2n) is 4.94. The molecule has 1 rings (SSSR count). The molecule has 0 aliphatic carbocycles. The van der Waals surface area contributed by atoms with Crippen LogP contribution in [0.4, 0.5) is 5.82 Å². The maximum Gasteiger partial charge on any atom is 0.362 e. The van der Waals surface area contributed by atoms with Crippen molar-refractivity contribution >= 4 is 17.8 Å². The summed E-state index contributed by atoms with van der Waals surface area (Å²) in [4.78, 5) is 23.7. The van der Waals surface area contributed by atoms with Crippen LogP contribution < -0.4 is 5.73 Å². The number of ether oxygens (including phenoxy) is 2. The molecule has 8 nitrogen and oxygen atoms in total. The lowest BCUT2D eigenvalue weighted by atomic mass is 10.2. The maximum atomic E-state index is 12.1. The van der Waals surface area contributed by atoms with Gasteiger partial charge in [0.1, 0.15) is 0 Å². The monoisotopic (exact) mass is 298 g/mol. The molecule has 0 spiro atoms. The zero-order chi connectivity index (χ0) is 16.0. The van der Waals surface area contributed by atoms with E-state index in [1.165, 1.54) is 4.68 Å². The molecule has 0 aliphatic heterocycles. The quantitative estimate of drug-likeness (QED) is 0.753. The molecular weight excluding hydrogens is 276 g/mol. The summed E-state index contributed by atoms with van der Waals surface area (Å²) in [7, 11) is 0. The molecule has 0 amide bonds. The molecule has 0 aliphatic rings. The predicted molar refractivity (Wildman–Crippen MR) is 75.5 cm³/mol. The molecule has 0 fully saturated rings. The number of anilines is 1. The fourth-order valence-electron chi connectivity index (χ4n) is 1.66. The molecule has 0 saturated heterocycles. The number of carbonyl (C=O) groups is 2. The molecule has 1 atom stereocenters. The summed E-state index contributed by atoms with van der Waals surface area (Å²) in [6.45, 7) is 7.88. The molecule has 21 heavy (non-hydrogen) atoms. The summed E-state index contributed by atoms with van der Waals surface area (Å²) in [5.41, 5.74) is 5.74. The van der Waals surface area contributed by atoms with E-state index in [9.17, 15) is 9.59 Å². The average molecular weight is 298 g/mol. The third-order valence-corrected chi connectivity index (χ3v) is 2.71. The van der Waals surface area contributed by atoms with E-state index in [2.05, 4.69) is 10.3 Å². The lowest BCUT2D eigenvalue weighted by molar-refractivity contribution is -0.149. The number of hydrogen-bond acceptors (Lipinski definition) is 7. The Bertz CT molecular complexity index is 498. The minimum atomic E-state index is -0.709. The standard InChI is InChI=1S/C13H22N4O4/c1-5-9(12(18)21-7-8(3)4)17-11(14)10(15-16-17)13(19)20-6-2/h8-9H,5-7,14H2,1-4H3. The van der Waals surface area contributed by atoms with Gasteiger partial charge in [0, 0.05) is 0 Å². The first kappa shape index (κ1) is 16.9. The lowest BCUT2D eigenvalue weighted by Crippen LogP contribution is -2.25. The van der Waals surface area contributed by atoms with Crippen LogP contribution in [0.2, 0.25) is 0 Å². The molecule has 1 unspecified atom stereocenters. The molecule has 0 aromatic carbocycles. The summed E-state index contributed by atoms with van der Waals surface area (Å²) in [6.07, 6.45) is 0.423. The predicted octanol–water partition coefficient (Wildman–Crippen LogP) is 1.19. The highest BCUT2D eigenvalue weighted by Crippen LogP contribution is 2.19. The molecule has 0 saturated carbocycles. The van der Waals surface area contributed by atoms with Crippen molar-refractivity contribution in [3.63, 3.8) is 0 Å². The number of aromatic nitrogens is 3. The van der Waals surface area contributed by atoms with Crippen LogP contribution in [0.3, 0.4) is 0 Å². The third-order valence-electron chi connectivity index (χ3n) is 2.71. The number of rotatable bonds is 7. The number of hydrogen-bond donors (Lipinski definition) is 1. The van der Waals surface area contributed by atoms with Gasteiger partial charge in [-0.3, -0.25) is 0 Å². The van der Waals surface area contributed by atoms with E-state index in [-0.39, 0.29) is 24.0 Å². The van der Waals surface area contributed by atoms with Gasteiger partial charge < -0.3 is 15.2 Å². The van der Waals surface area contributed by atoms with Gasteiger partial charge in [0.05, 0.1) is 13.2 Å². The maximum absolute atomic E-state index is 12.1. The van der Waals surface area contributed by atoms with Gasteiger partial charge in [0.25, 0.3) is 0 Å². The largest absolute Gasteiger partial charge is 0.464 e. The Labute approximate surface area is 123 Å². The highest BCUT2D eigenvalue weighted by atomic mass is 16.5. The molecule has 118 valence electrons. The van der Waals surface area contributed by atoms with Gasteiger partial charge in [0.2, 0.25) is 5.69 Å². The minimum Gasteiger partial charge on any atom is -0.464 e. The second-order valence-corrected chi connectivity index (χ2v) is 4.94. The van der Waals surface area contributed by atoms with Crippen molar-refractivity contribution in [3.05, 3.63) is 5.69 Å². The Kier molecular flexibility index (Phi) is 6.13. The highest BCUT2D eigenvalue weighted by molar-refractivity contribution is 5.92. The van der Waals surface area contributed by atoms with Crippen LogP contribution in [0, 0.1) is 5.92 Å². The van der Waals surface area contributed by atoms with E-state index < -0.39 is 18.0 Å². The Morgan fingerprint density at radius 2 is 1.95 bits per heavy atom. The molecule has 1 aromatic rings. The first-order valence-corrected chi connectivity index (χ1v) is 6.96. The molecule has 8 heteroatoms. The van der Waals surface area contributed by atoms with Crippen molar-refractivity contribution in [2.24, 2.45) is 5.92 Å². The summed E-state index contributed by atoms with van der Waals surface area (Å²) < 4.78 is 11.2. The first-order chi connectivity index (χ1) is 9.92. The number of nitrogen functional groups attached to an aromatic ring is 1. The third kappa shape index (κ3) is 4.17. The molecular formula is C13H22N4O4. The number of carbonyl (C=O) groups excluding carboxylic acids is 2. The van der Waals surface area contributed by atoms with Crippen LogP contribution in [-0.2, 0) is 14.3 Å². The SMILES string of the molecule is CCOC(=O)c1nnn(C(CC)C(=O)OCC(C)C)c1N. The van der Waals surface area contributed by atoms with Gasteiger partial charge in [-0.05, 0) is 19.3 Å². The van der Waals surface area contributed by atoms with Crippen LogP contribution in [0.5, 0.6) is 0 Å². The zero-order valence-corrected chi connectivity index (χ0v) is 12.8. The van der Waals surface area contributed by atoms with Crippen LogP contribution in [-0.4, -0.2) is 40.1 Å². The minimum absolute atomic E-state index is 0.00166. The summed E-state index contributed by atoms with van der Waals surface area (Å²) in [5, 5.41) is 7.46. The second kappa shape index (κ2) is 7.61. The Balaban J connectivity index is 2.91. The Morgan fingerprint density at radius 3 is 2.48 bits per heavy atom. The highest BCUT2D eigenvalue weighted by Gasteiger charge is 2.27. The number of nitrogens with zero attached hydrogens (tertiary/aromatic N) is 3. The topological polar surface area (TPSA) is 109 Å². The van der Waals surface area contributed by atoms with Gasteiger partial charge in [-0.15, -0.1) is 5.10 Å². The summed E-state index contributed by atoms with van der Waals surface area (Å²) in [6, 6.07) is -0.709. The van der Waals surface area contributed by atoms with E-state index in [1.54, 1.807) is 13.8 Å². The molecule has 1 heterocycles. The first-order valence-electron chi connectivity index (χ1n) is 6.96. The van der Waals surface area contributed by atoms with E-state index in [1.807, 2.05) is 13.8 Å². The van der Waals surface area contributed by atoms with E-state index in [0.29, 0.717) is 13.0 Å².